The molecule has 5 nitrogen and oxygen atoms in total. The van der Waals surface area contributed by atoms with Crippen LogP contribution in [-0.4, -0.2) is 35.0 Å². The van der Waals surface area contributed by atoms with Crippen LogP contribution in [0.25, 0.3) is 0 Å². The topological polar surface area (TPSA) is 75.6 Å². The summed E-state index contributed by atoms with van der Waals surface area (Å²) in [6.45, 7) is 0.491. The molecule has 26 heavy (non-hydrogen) atoms. The molecule has 0 atom stereocenters. The van der Waals surface area contributed by atoms with Gasteiger partial charge in [-0.15, -0.1) is 0 Å². The summed E-state index contributed by atoms with van der Waals surface area (Å²) in [4.78, 5) is 22.4. The number of hydrogen-bond acceptors (Lipinski definition) is 5. The molecule has 8 heteroatoms. The third-order valence-electron chi connectivity index (χ3n) is 3.10. The quantitative estimate of drug-likeness (QED) is 0.464. The molecule has 0 saturated carbocycles. The van der Waals surface area contributed by atoms with Crippen molar-refractivity contribution in [1.82, 2.24) is 5.32 Å². The second-order valence-corrected chi connectivity index (χ2v) is 7.83. The molecule has 0 spiro atoms. The molecule has 0 fully saturated rings. The van der Waals surface area contributed by atoms with Crippen molar-refractivity contribution < 1.29 is 23.8 Å². The lowest BCUT2D eigenvalue weighted by molar-refractivity contribution is -0.136. The number of carboxylic acid groups (broad SMARTS) is 1. The molecule has 2 aromatic carbocycles. The van der Waals surface area contributed by atoms with Gasteiger partial charge >= 0.3 is 5.97 Å². The van der Waals surface area contributed by atoms with E-state index in [1.165, 1.54) is 33.7 Å². The lowest BCUT2D eigenvalue weighted by Gasteiger charge is -2.08. The molecule has 2 N–H and O–H groups in total. The maximum atomic E-state index is 13.1. The van der Waals surface area contributed by atoms with Crippen LogP contribution in [0.15, 0.2) is 48.5 Å². The first-order valence-electron chi connectivity index (χ1n) is 7.82. The van der Waals surface area contributed by atoms with E-state index >= 15 is 0 Å². The number of hydrogen-bond donors (Lipinski definition) is 2. The molecule has 2 rings (SSSR count). The first-order valence-corrected chi connectivity index (χ1v) is 10.3. The minimum absolute atomic E-state index is 0.133. The number of ether oxygens (including phenoxy) is 1. The van der Waals surface area contributed by atoms with Crippen LogP contribution >= 0.6 is 21.6 Å². The van der Waals surface area contributed by atoms with Gasteiger partial charge in [-0.2, -0.15) is 0 Å². The number of carbonyl (C=O) groups is 2. The molecule has 0 aliphatic carbocycles. The highest BCUT2D eigenvalue weighted by molar-refractivity contribution is 8.76. The maximum absolute atomic E-state index is 13.1. The van der Waals surface area contributed by atoms with Crippen LogP contribution in [0, 0.1) is 5.82 Å². The summed E-state index contributed by atoms with van der Waals surface area (Å²) >= 11 is 0. The molecule has 138 valence electrons. The van der Waals surface area contributed by atoms with Crippen LogP contribution in [0.1, 0.15) is 16.8 Å². The molecule has 0 unspecified atom stereocenters. The molecule has 0 heterocycles. The number of halogens is 1. The van der Waals surface area contributed by atoms with E-state index in [-0.39, 0.29) is 18.1 Å². The van der Waals surface area contributed by atoms with Gasteiger partial charge in [0.1, 0.15) is 17.3 Å². The summed E-state index contributed by atoms with van der Waals surface area (Å²) in [5.74, 6) is 0.752. The molecule has 0 bridgehead atoms. The minimum Gasteiger partial charge on any atom is -0.481 e. The SMILES string of the molecule is O=C(O)CCSSCCNC(=O)c1ccc(Oc2cccc(F)c2)cc1. The van der Waals surface area contributed by atoms with Gasteiger partial charge in [-0.05, 0) is 36.4 Å². The van der Waals surface area contributed by atoms with Crippen molar-refractivity contribution in [1.29, 1.82) is 0 Å². The zero-order valence-corrected chi connectivity index (χ0v) is 15.4. The average Bonchev–Trinajstić information content (AvgIpc) is 2.61. The fourth-order valence-electron chi connectivity index (χ4n) is 1.90. The minimum atomic E-state index is -0.809. The lowest BCUT2D eigenvalue weighted by Crippen LogP contribution is -2.25. The van der Waals surface area contributed by atoms with E-state index in [2.05, 4.69) is 5.32 Å². The molecule has 0 radical (unpaired) electrons. The zero-order chi connectivity index (χ0) is 18.8. The molecule has 2 aromatic rings. The molecule has 0 aliphatic heterocycles. The number of carbonyl (C=O) groups excluding carboxylic acids is 1. The Morgan fingerprint density at radius 3 is 2.46 bits per heavy atom. The van der Waals surface area contributed by atoms with E-state index in [4.69, 9.17) is 9.84 Å². The average molecular weight is 395 g/mol. The van der Waals surface area contributed by atoms with Gasteiger partial charge in [-0.1, -0.05) is 27.7 Å². The van der Waals surface area contributed by atoms with Gasteiger partial charge in [0.2, 0.25) is 0 Å². The Balaban J connectivity index is 1.72. The Morgan fingerprint density at radius 1 is 1.04 bits per heavy atom. The summed E-state index contributed by atoms with van der Waals surface area (Å²) in [5.41, 5.74) is 0.500. The molecule has 1 amide bonds. The molecule has 0 aliphatic rings. The number of aliphatic carboxylic acids is 1. The van der Waals surface area contributed by atoms with Crippen molar-refractivity contribution in [3.63, 3.8) is 0 Å². The van der Waals surface area contributed by atoms with Crippen molar-refractivity contribution in [3.8, 4) is 11.5 Å². The van der Waals surface area contributed by atoms with E-state index in [9.17, 15) is 14.0 Å². The van der Waals surface area contributed by atoms with E-state index in [0.29, 0.717) is 35.1 Å². The van der Waals surface area contributed by atoms with Crippen LogP contribution in [0.4, 0.5) is 4.39 Å². The van der Waals surface area contributed by atoms with Gasteiger partial charge < -0.3 is 15.2 Å². The summed E-state index contributed by atoms with van der Waals surface area (Å²) in [6, 6.07) is 12.4. The fourth-order valence-corrected chi connectivity index (χ4v) is 3.78. The van der Waals surface area contributed by atoms with Crippen LogP contribution in [0.5, 0.6) is 11.5 Å². The summed E-state index contributed by atoms with van der Waals surface area (Å²) in [6.07, 6.45) is 0.133. The van der Waals surface area contributed by atoms with Gasteiger partial charge in [0.05, 0.1) is 6.42 Å². The first kappa shape index (κ1) is 20.1. The van der Waals surface area contributed by atoms with Crippen LogP contribution in [0.3, 0.4) is 0 Å². The smallest absolute Gasteiger partial charge is 0.304 e. The number of benzene rings is 2. The fraction of sp³-hybridized carbons (Fsp3) is 0.222. The van der Waals surface area contributed by atoms with Crippen molar-refractivity contribution in [2.45, 2.75) is 6.42 Å². The third kappa shape index (κ3) is 7.37. The Labute approximate surface area is 158 Å². The molecular weight excluding hydrogens is 377 g/mol. The summed E-state index contributed by atoms with van der Waals surface area (Å²) in [7, 11) is 3.00. The second-order valence-electron chi connectivity index (χ2n) is 5.13. The standard InChI is InChI=1S/C18H18FNO4S2/c19-14-2-1-3-16(12-14)24-15-6-4-13(5-7-15)18(23)20-9-11-26-25-10-8-17(21)22/h1-7,12H,8-11H2,(H,20,23)(H,21,22). The first-order chi connectivity index (χ1) is 12.5. The predicted octanol–water partition coefficient (Wildman–Crippen LogP) is 4.20. The normalized spacial score (nSPS) is 10.3. The van der Waals surface area contributed by atoms with Crippen LogP contribution < -0.4 is 10.1 Å². The van der Waals surface area contributed by atoms with Crippen molar-refractivity contribution in [3.05, 3.63) is 59.9 Å². The van der Waals surface area contributed by atoms with Crippen LogP contribution in [0.2, 0.25) is 0 Å². The highest BCUT2D eigenvalue weighted by atomic mass is 33.1. The molecule has 0 saturated heterocycles. The van der Waals surface area contributed by atoms with E-state index in [1.54, 1.807) is 36.4 Å². The van der Waals surface area contributed by atoms with Gasteiger partial charge in [0.15, 0.2) is 0 Å². The molecular formula is C18H18FNO4S2. The van der Waals surface area contributed by atoms with Crippen molar-refractivity contribution >= 4 is 33.5 Å². The zero-order valence-electron chi connectivity index (χ0n) is 13.8. The van der Waals surface area contributed by atoms with Crippen LogP contribution in [-0.2, 0) is 4.79 Å². The van der Waals surface area contributed by atoms with Gasteiger partial charge in [-0.25, -0.2) is 4.39 Å². The van der Waals surface area contributed by atoms with Crippen molar-refractivity contribution in [2.75, 3.05) is 18.1 Å². The monoisotopic (exact) mass is 395 g/mol. The van der Waals surface area contributed by atoms with E-state index in [1.807, 2.05) is 0 Å². The molecule has 0 aromatic heterocycles. The second kappa shape index (κ2) is 10.7. The maximum Gasteiger partial charge on any atom is 0.304 e. The predicted molar refractivity (Wildman–Crippen MR) is 102 cm³/mol. The highest BCUT2D eigenvalue weighted by Crippen LogP contribution is 2.23. The Bertz CT molecular complexity index is 740. The number of rotatable bonds is 10. The number of amides is 1. The number of nitrogens with one attached hydrogen (secondary N) is 1. The van der Waals surface area contributed by atoms with E-state index in [0.717, 1.165) is 0 Å². The Morgan fingerprint density at radius 2 is 1.77 bits per heavy atom. The summed E-state index contributed by atoms with van der Waals surface area (Å²) in [5, 5.41) is 11.3. The third-order valence-corrected chi connectivity index (χ3v) is 5.51. The lowest BCUT2D eigenvalue weighted by atomic mass is 10.2. The Kier molecular flexibility index (Phi) is 8.30. The van der Waals surface area contributed by atoms with Gasteiger partial charge in [0.25, 0.3) is 5.91 Å². The Hall–Kier alpha value is -2.19. The van der Waals surface area contributed by atoms with E-state index < -0.39 is 5.97 Å². The van der Waals surface area contributed by atoms with Crippen molar-refractivity contribution in [2.24, 2.45) is 0 Å². The number of carboxylic acids is 1. The van der Waals surface area contributed by atoms with Gasteiger partial charge in [0, 0.05) is 29.7 Å². The van der Waals surface area contributed by atoms with Gasteiger partial charge in [-0.3, -0.25) is 9.59 Å². The largest absolute Gasteiger partial charge is 0.481 e. The summed E-state index contributed by atoms with van der Waals surface area (Å²) < 4.78 is 18.7. The highest BCUT2D eigenvalue weighted by Gasteiger charge is 2.06.